The minimum Gasteiger partial charge on any atom is -0.378 e. The van der Waals surface area contributed by atoms with Gasteiger partial charge in [0, 0.05) is 12.0 Å². The monoisotopic (exact) mass is 244 g/mol. The van der Waals surface area contributed by atoms with E-state index in [1.807, 2.05) is 0 Å². The standard InChI is InChI=1S/C14H32N2O/c1-4-7-9-11(6-3)13(15)12(14(16)17)10-8-5-2/h11-14,17H,4-10,15-16H2,1-3H3. The Morgan fingerprint density at radius 2 is 1.47 bits per heavy atom. The first kappa shape index (κ1) is 16.9. The lowest BCUT2D eigenvalue weighted by Crippen LogP contribution is -2.46. The number of nitrogens with two attached hydrogens (primary N) is 2. The number of hydrogen-bond acceptors (Lipinski definition) is 3. The number of hydrogen-bond donors (Lipinski definition) is 3. The third kappa shape index (κ3) is 6.39. The summed E-state index contributed by atoms with van der Waals surface area (Å²) in [6.45, 7) is 6.53. The van der Waals surface area contributed by atoms with Crippen LogP contribution in [0.2, 0.25) is 0 Å². The van der Waals surface area contributed by atoms with Crippen LogP contribution in [0, 0.1) is 11.8 Å². The fourth-order valence-corrected chi connectivity index (χ4v) is 2.52. The molecule has 0 spiro atoms. The summed E-state index contributed by atoms with van der Waals surface area (Å²) in [5, 5.41) is 9.68. The third-order valence-electron chi connectivity index (χ3n) is 3.82. The van der Waals surface area contributed by atoms with Crippen molar-refractivity contribution in [1.82, 2.24) is 0 Å². The largest absolute Gasteiger partial charge is 0.378 e. The Morgan fingerprint density at radius 3 is 1.88 bits per heavy atom. The lowest BCUT2D eigenvalue weighted by Gasteiger charge is -2.32. The fraction of sp³-hybridized carbons (Fsp3) is 1.00. The van der Waals surface area contributed by atoms with Gasteiger partial charge in [0.2, 0.25) is 0 Å². The fourth-order valence-electron chi connectivity index (χ4n) is 2.52. The molecule has 0 saturated heterocycles. The molecule has 0 bridgehead atoms. The van der Waals surface area contributed by atoms with E-state index in [2.05, 4.69) is 20.8 Å². The molecule has 3 heteroatoms. The summed E-state index contributed by atoms with van der Waals surface area (Å²) in [6.07, 6.45) is 7.05. The minimum absolute atomic E-state index is 0.0399. The van der Waals surface area contributed by atoms with Gasteiger partial charge in [-0.05, 0) is 18.8 Å². The molecule has 0 aliphatic rings. The second kappa shape index (κ2) is 9.86. The van der Waals surface area contributed by atoms with Crippen LogP contribution in [0.5, 0.6) is 0 Å². The van der Waals surface area contributed by atoms with E-state index in [0.717, 1.165) is 32.1 Å². The molecule has 0 heterocycles. The van der Waals surface area contributed by atoms with Gasteiger partial charge < -0.3 is 16.6 Å². The molecule has 0 aromatic carbocycles. The first-order valence-electron chi connectivity index (χ1n) is 7.27. The van der Waals surface area contributed by atoms with Crippen molar-refractivity contribution < 1.29 is 5.11 Å². The van der Waals surface area contributed by atoms with Crippen molar-refractivity contribution in [2.75, 3.05) is 0 Å². The smallest absolute Gasteiger partial charge is 0.106 e. The average molecular weight is 244 g/mol. The lowest BCUT2D eigenvalue weighted by molar-refractivity contribution is 0.0742. The number of aliphatic hydroxyl groups is 1. The van der Waals surface area contributed by atoms with E-state index in [1.165, 1.54) is 12.8 Å². The van der Waals surface area contributed by atoms with E-state index in [4.69, 9.17) is 11.5 Å². The summed E-state index contributed by atoms with van der Waals surface area (Å²) >= 11 is 0. The van der Waals surface area contributed by atoms with E-state index in [1.54, 1.807) is 0 Å². The average Bonchev–Trinajstić information content (AvgIpc) is 2.30. The maximum atomic E-state index is 9.68. The summed E-state index contributed by atoms with van der Waals surface area (Å²) in [5.41, 5.74) is 12.0. The zero-order valence-corrected chi connectivity index (χ0v) is 11.9. The first-order valence-corrected chi connectivity index (χ1v) is 7.27. The van der Waals surface area contributed by atoms with Crippen LogP contribution in [0.1, 0.15) is 65.7 Å². The predicted octanol–water partition coefficient (Wildman–Crippen LogP) is 2.61. The second-order valence-electron chi connectivity index (χ2n) is 5.18. The van der Waals surface area contributed by atoms with Crippen LogP contribution in [0.15, 0.2) is 0 Å². The maximum absolute atomic E-state index is 9.68. The van der Waals surface area contributed by atoms with Gasteiger partial charge in [-0.2, -0.15) is 0 Å². The van der Waals surface area contributed by atoms with Crippen LogP contribution in [0.4, 0.5) is 0 Å². The van der Waals surface area contributed by atoms with Gasteiger partial charge in [0.15, 0.2) is 0 Å². The van der Waals surface area contributed by atoms with Crippen LogP contribution in [-0.2, 0) is 0 Å². The van der Waals surface area contributed by atoms with Crippen LogP contribution < -0.4 is 11.5 Å². The van der Waals surface area contributed by atoms with Gasteiger partial charge in [0.25, 0.3) is 0 Å². The van der Waals surface area contributed by atoms with E-state index < -0.39 is 6.23 Å². The quantitative estimate of drug-likeness (QED) is 0.517. The summed E-state index contributed by atoms with van der Waals surface area (Å²) in [6, 6.07) is 0.0399. The highest BCUT2D eigenvalue weighted by Gasteiger charge is 2.28. The molecule has 0 aliphatic carbocycles. The molecule has 0 aromatic rings. The van der Waals surface area contributed by atoms with Crippen molar-refractivity contribution in [1.29, 1.82) is 0 Å². The third-order valence-corrected chi connectivity index (χ3v) is 3.82. The number of aliphatic hydroxyl groups excluding tert-OH is 1. The van der Waals surface area contributed by atoms with Crippen molar-refractivity contribution in [3.05, 3.63) is 0 Å². The topological polar surface area (TPSA) is 72.3 Å². The first-order chi connectivity index (χ1) is 8.08. The van der Waals surface area contributed by atoms with Gasteiger partial charge in [-0.1, -0.05) is 52.9 Å². The Balaban J connectivity index is 4.37. The minimum atomic E-state index is -0.771. The molecular formula is C14H32N2O. The van der Waals surface area contributed by atoms with E-state index in [9.17, 15) is 5.11 Å². The number of rotatable bonds is 10. The highest BCUT2D eigenvalue weighted by Crippen LogP contribution is 2.25. The molecule has 0 radical (unpaired) electrons. The van der Waals surface area contributed by atoms with Crippen molar-refractivity contribution >= 4 is 0 Å². The normalized spacial score (nSPS) is 18.7. The lowest BCUT2D eigenvalue weighted by atomic mass is 9.81. The molecule has 4 unspecified atom stereocenters. The molecule has 5 N–H and O–H groups in total. The molecule has 0 fully saturated rings. The molecule has 0 aliphatic heterocycles. The molecule has 0 aromatic heterocycles. The van der Waals surface area contributed by atoms with Crippen molar-refractivity contribution in [2.24, 2.45) is 23.3 Å². The summed E-state index contributed by atoms with van der Waals surface area (Å²) < 4.78 is 0. The molecule has 0 amide bonds. The van der Waals surface area contributed by atoms with Gasteiger partial charge >= 0.3 is 0 Å². The Bertz CT molecular complexity index is 174. The van der Waals surface area contributed by atoms with Crippen LogP contribution >= 0.6 is 0 Å². The Hall–Kier alpha value is -0.120. The van der Waals surface area contributed by atoms with Gasteiger partial charge in [-0.3, -0.25) is 0 Å². The highest BCUT2D eigenvalue weighted by molar-refractivity contribution is 4.82. The Labute approximate surface area is 107 Å². The SMILES string of the molecule is CCCCC(CC)C(N)C(CCCC)C(N)O. The second-order valence-corrected chi connectivity index (χ2v) is 5.18. The highest BCUT2D eigenvalue weighted by atomic mass is 16.3. The Kier molecular flexibility index (Phi) is 9.79. The number of unbranched alkanes of at least 4 members (excludes halogenated alkanes) is 2. The van der Waals surface area contributed by atoms with E-state index >= 15 is 0 Å². The van der Waals surface area contributed by atoms with E-state index in [-0.39, 0.29) is 12.0 Å². The molecule has 4 atom stereocenters. The molecule has 104 valence electrons. The van der Waals surface area contributed by atoms with Gasteiger partial charge in [-0.15, -0.1) is 0 Å². The molecule has 17 heavy (non-hydrogen) atoms. The van der Waals surface area contributed by atoms with Gasteiger partial charge in [0.1, 0.15) is 6.23 Å². The summed E-state index contributed by atoms with van der Waals surface area (Å²) in [5.74, 6) is 0.548. The van der Waals surface area contributed by atoms with Crippen molar-refractivity contribution in [2.45, 2.75) is 78.0 Å². The van der Waals surface area contributed by atoms with Crippen molar-refractivity contribution in [3.63, 3.8) is 0 Å². The molecular weight excluding hydrogens is 212 g/mol. The van der Waals surface area contributed by atoms with Crippen molar-refractivity contribution in [3.8, 4) is 0 Å². The molecule has 0 saturated carbocycles. The zero-order valence-electron chi connectivity index (χ0n) is 11.9. The van der Waals surface area contributed by atoms with E-state index in [0.29, 0.717) is 5.92 Å². The van der Waals surface area contributed by atoms with Crippen LogP contribution in [0.25, 0.3) is 0 Å². The molecule has 0 rings (SSSR count). The molecule has 3 nitrogen and oxygen atoms in total. The zero-order chi connectivity index (χ0) is 13.3. The predicted molar refractivity (Wildman–Crippen MR) is 74.5 cm³/mol. The summed E-state index contributed by atoms with van der Waals surface area (Å²) in [7, 11) is 0. The van der Waals surface area contributed by atoms with Gasteiger partial charge in [-0.25, -0.2) is 0 Å². The van der Waals surface area contributed by atoms with Crippen LogP contribution in [0.3, 0.4) is 0 Å². The maximum Gasteiger partial charge on any atom is 0.106 e. The Morgan fingerprint density at radius 1 is 0.941 bits per heavy atom. The van der Waals surface area contributed by atoms with Crippen LogP contribution in [-0.4, -0.2) is 17.4 Å². The summed E-state index contributed by atoms with van der Waals surface area (Å²) in [4.78, 5) is 0. The van der Waals surface area contributed by atoms with Gasteiger partial charge in [0.05, 0.1) is 0 Å².